The Hall–Kier alpha value is -0.550. The molecule has 15 heavy (non-hydrogen) atoms. The van der Waals surface area contributed by atoms with Crippen LogP contribution in [-0.4, -0.2) is 20.5 Å². The molecular weight excluding hydrogens is 328 g/mol. The van der Waals surface area contributed by atoms with E-state index in [0.29, 0.717) is 11.5 Å². The second kappa shape index (κ2) is 5.51. The van der Waals surface area contributed by atoms with Crippen LogP contribution in [0.15, 0.2) is 16.6 Å². The highest BCUT2D eigenvalue weighted by Crippen LogP contribution is 2.38. The van der Waals surface area contributed by atoms with E-state index in [2.05, 4.69) is 31.9 Å². The predicted octanol–water partition coefficient (Wildman–Crippen LogP) is 3.10. The van der Waals surface area contributed by atoms with Gasteiger partial charge >= 0.3 is 0 Å². The van der Waals surface area contributed by atoms with Gasteiger partial charge in [-0.15, -0.1) is 0 Å². The molecule has 1 rings (SSSR count). The number of methoxy groups -OCH3 is 2. The summed E-state index contributed by atoms with van der Waals surface area (Å²) < 4.78 is 11.1. The molecule has 0 fully saturated rings. The SMILES string of the molecule is COc1cc(C(Br)C=O)cc(OC)c1Br. The lowest BCUT2D eigenvalue weighted by atomic mass is 10.1. The van der Waals surface area contributed by atoms with E-state index < -0.39 is 0 Å². The van der Waals surface area contributed by atoms with Crippen LogP contribution in [0.3, 0.4) is 0 Å². The average Bonchev–Trinajstić information content (AvgIpc) is 2.28. The van der Waals surface area contributed by atoms with E-state index in [0.717, 1.165) is 16.3 Å². The fourth-order valence-electron chi connectivity index (χ4n) is 1.13. The fraction of sp³-hybridized carbons (Fsp3) is 0.300. The van der Waals surface area contributed by atoms with Crippen molar-refractivity contribution in [2.75, 3.05) is 14.2 Å². The summed E-state index contributed by atoms with van der Waals surface area (Å²) in [5.41, 5.74) is 0.793. The minimum absolute atomic E-state index is 0.353. The van der Waals surface area contributed by atoms with Crippen molar-refractivity contribution in [2.24, 2.45) is 0 Å². The molecule has 0 aliphatic carbocycles. The first-order chi connectivity index (χ1) is 7.13. The molecule has 1 unspecified atom stereocenters. The van der Waals surface area contributed by atoms with Crippen molar-refractivity contribution >= 4 is 38.1 Å². The molecular formula is C10H10Br2O3. The molecule has 3 nitrogen and oxygen atoms in total. The Kier molecular flexibility index (Phi) is 4.60. The molecule has 0 aromatic heterocycles. The predicted molar refractivity (Wildman–Crippen MR) is 65.0 cm³/mol. The molecule has 0 spiro atoms. The number of halogens is 2. The number of hydrogen-bond acceptors (Lipinski definition) is 3. The van der Waals surface area contributed by atoms with Crippen LogP contribution in [0, 0.1) is 0 Å². The lowest BCUT2D eigenvalue weighted by Crippen LogP contribution is -1.96. The van der Waals surface area contributed by atoms with Gasteiger partial charge in [0.1, 0.15) is 22.3 Å². The van der Waals surface area contributed by atoms with E-state index >= 15 is 0 Å². The van der Waals surface area contributed by atoms with Crippen LogP contribution in [0.2, 0.25) is 0 Å². The number of rotatable bonds is 4. The molecule has 0 amide bonds. The Morgan fingerprint density at radius 1 is 1.27 bits per heavy atom. The lowest BCUT2D eigenvalue weighted by Gasteiger charge is -2.12. The summed E-state index contributed by atoms with van der Waals surface area (Å²) in [5.74, 6) is 1.27. The van der Waals surface area contributed by atoms with Crippen molar-refractivity contribution in [1.29, 1.82) is 0 Å². The maximum Gasteiger partial charge on any atom is 0.138 e. The van der Waals surface area contributed by atoms with Crippen molar-refractivity contribution in [3.63, 3.8) is 0 Å². The van der Waals surface area contributed by atoms with Gasteiger partial charge in [-0.25, -0.2) is 0 Å². The molecule has 1 atom stereocenters. The van der Waals surface area contributed by atoms with Gasteiger partial charge in [0.25, 0.3) is 0 Å². The first-order valence-corrected chi connectivity index (χ1v) is 5.85. The molecule has 0 N–H and O–H groups in total. The van der Waals surface area contributed by atoms with E-state index in [9.17, 15) is 4.79 Å². The number of carbonyl (C=O) groups is 1. The van der Waals surface area contributed by atoms with E-state index in [1.807, 2.05) is 0 Å². The van der Waals surface area contributed by atoms with Gasteiger partial charge in [-0.2, -0.15) is 0 Å². The average molecular weight is 338 g/mol. The van der Waals surface area contributed by atoms with E-state index in [-0.39, 0.29) is 4.83 Å². The Balaban J connectivity index is 3.26. The van der Waals surface area contributed by atoms with E-state index in [1.165, 1.54) is 0 Å². The minimum atomic E-state index is -0.353. The molecule has 82 valence electrons. The van der Waals surface area contributed by atoms with Crippen LogP contribution in [0.1, 0.15) is 10.4 Å². The Morgan fingerprint density at radius 3 is 2.07 bits per heavy atom. The largest absolute Gasteiger partial charge is 0.495 e. The highest BCUT2D eigenvalue weighted by molar-refractivity contribution is 9.10. The van der Waals surface area contributed by atoms with E-state index in [4.69, 9.17) is 9.47 Å². The number of ether oxygens (including phenoxy) is 2. The number of hydrogen-bond donors (Lipinski definition) is 0. The molecule has 0 heterocycles. The molecule has 0 aliphatic rings. The molecule has 0 saturated heterocycles. The van der Waals surface area contributed by atoms with Gasteiger partial charge in [0.15, 0.2) is 0 Å². The maximum absolute atomic E-state index is 10.6. The van der Waals surface area contributed by atoms with Gasteiger partial charge in [0.05, 0.1) is 19.0 Å². The summed E-state index contributed by atoms with van der Waals surface area (Å²) in [4.78, 5) is 10.3. The van der Waals surface area contributed by atoms with Crippen molar-refractivity contribution < 1.29 is 14.3 Å². The topological polar surface area (TPSA) is 35.5 Å². The zero-order chi connectivity index (χ0) is 11.4. The molecule has 0 saturated carbocycles. The zero-order valence-corrected chi connectivity index (χ0v) is 11.5. The summed E-state index contributed by atoms with van der Waals surface area (Å²) in [6.45, 7) is 0. The number of aldehydes is 1. The molecule has 0 radical (unpaired) electrons. The number of carbonyl (C=O) groups excluding carboxylic acids is 1. The van der Waals surface area contributed by atoms with Gasteiger partial charge in [-0.05, 0) is 33.6 Å². The van der Waals surface area contributed by atoms with Gasteiger partial charge in [0, 0.05) is 0 Å². The maximum atomic E-state index is 10.6. The third-order valence-corrected chi connectivity index (χ3v) is 3.43. The molecule has 0 aliphatic heterocycles. The quantitative estimate of drug-likeness (QED) is 0.625. The third-order valence-electron chi connectivity index (χ3n) is 1.91. The van der Waals surface area contributed by atoms with Crippen LogP contribution in [-0.2, 0) is 4.79 Å². The lowest BCUT2D eigenvalue weighted by molar-refractivity contribution is -0.107. The van der Waals surface area contributed by atoms with Crippen LogP contribution in [0.4, 0.5) is 0 Å². The summed E-state index contributed by atoms with van der Waals surface area (Å²) in [6, 6.07) is 3.56. The molecule has 5 heteroatoms. The van der Waals surface area contributed by atoms with Crippen LogP contribution >= 0.6 is 31.9 Å². The standard InChI is InChI=1S/C10H10Br2O3/c1-14-8-3-6(7(11)5-13)4-9(15-2)10(8)12/h3-5,7H,1-2H3. The van der Waals surface area contributed by atoms with Crippen molar-refractivity contribution in [3.05, 3.63) is 22.2 Å². The van der Waals surface area contributed by atoms with Crippen LogP contribution in [0.25, 0.3) is 0 Å². The minimum Gasteiger partial charge on any atom is -0.495 e. The normalized spacial score (nSPS) is 12.0. The Labute approximate surface area is 105 Å². The van der Waals surface area contributed by atoms with Crippen molar-refractivity contribution in [1.82, 2.24) is 0 Å². The zero-order valence-electron chi connectivity index (χ0n) is 8.29. The summed E-state index contributed by atoms with van der Waals surface area (Å²) in [5, 5.41) is 0. The highest BCUT2D eigenvalue weighted by atomic mass is 79.9. The molecule has 1 aromatic carbocycles. The van der Waals surface area contributed by atoms with Gasteiger partial charge < -0.3 is 14.3 Å². The fourth-order valence-corrected chi connectivity index (χ4v) is 1.94. The monoisotopic (exact) mass is 336 g/mol. The molecule has 0 bridgehead atoms. The van der Waals surface area contributed by atoms with Crippen LogP contribution < -0.4 is 9.47 Å². The van der Waals surface area contributed by atoms with Crippen LogP contribution in [0.5, 0.6) is 11.5 Å². The number of benzene rings is 1. The summed E-state index contributed by atoms with van der Waals surface area (Å²) in [7, 11) is 3.13. The van der Waals surface area contributed by atoms with Gasteiger partial charge in [0.2, 0.25) is 0 Å². The van der Waals surface area contributed by atoms with Crippen molar-refractivity contribution in [2.45, 2.75) is 4.83 Å². The van der Waals surface area contributed by atoms with Gasteiger partial charge in [-0.1, -0.05) is 15.9 Å². The Bertz CT molecular complexity index is 341. The highest BCUT2D eigenvalue weighted by Gasteiger charge is 2.14. The van der Waals surface area contributed by atoms with Gasteiger partial charge in [-0.3, -0.25) is 0 Å². The summed E-state index contributed by atoms with van der Waals surface area (Å²) in [6.07, 6.45) is 0.808. The third kappa shape index (κ3) is 2.72. The first-order valence-electron chi connectivity index (χ1n) is 4.14. The number of alkyl halides is 1. The Morgan fingerprint density at radius 2 is 1.73 bits per heavy atom. The first kappa shape index (κ1) is 12.5. The van der Waals surface area contributed by atoms with Crippen molar-refractivity contribution in [3.8, 4) is 11.5 Å². The second-order valence-electron chi connectivity index (χ2n) is 2.78. The smallest absolute Gasteiger partial charge is 0.138 e. The molecule has 1 aromatic rings. The second-order valence-corrected chi connectivity index (χ2v) is 4.56. The van der Waals surface area contributed by atoms with E-state index in [1.54, 1.807) is 26.4 Å². The summed E-state index contributed by atoms with van der Waals surface area (Å²) >= 11 is 6.59.